The van der Waals surface area contributed by atoms with Crippen molar-refractivity contribution in [2.24, 2.45) is 5.84 Å². The van der Waals surface area contributed by atoms with Gasteiger partial charge in [0.1, 0.15) is 11.3 Å². The maximum absolute atomic E-state index is 13.2. The topological polar surface area (TPSA) is 50.9 Å². The van der Waals surface area contributed by atoms with E-state index < -0.39 is 0 Å². The Morgan fingerprint density at radius 2 is 2.31 bits per heavy atom. The highest BCUT2D eigenvalue weighted by Crippen LogP contribution is 2.32. The molecular weight excluding hydrogens is 213 g/mol. The van der Waals surface area contributed by atoms with Gasteiger partial charge in [-0.25, -0.2) is 15.2 Å². The van der Waals surface area contributed by atoms with Crippen LogP contribution in [0.1, 0.15) is 0 Å². The number of aromatic nitrogens is 1. The Labute approximate surface area is 82.3 Å². The van der Waals surface area contributed by atoms with E-state index in [1.54, 1.807) is 0 Å². The molecule has 1 aromatic carbocycles. The van der Waals surface area contributed by atoms with Crippen LogP contribution in [0.4, 0.5) is 9.52 Å². The zero-order valence-electron chi connectivity index (χ0n) is 6.34. The fourth-order valence-corrected chi connectivity index (χ4v) is 2.07. The second-order valence-corrected chi connectivity index (χ2v) is 3.78. The van der Waals surface area contributed by atoms with E-state index in [2.05, 4.69) is 10.4 Å². The predicted molar refractivity (Wildman–Crippen MR) is 52.4 cm³/mol. The van der Waals surface area contributed by atoms with E-state index in [0.717, 1.165) is 11.3 Å². The molecule has 0 spiro atoms. The van der Waals surface area contributed by atoms with Crippen LogP contribution in [0.3, 0.4) is 0 Å². The van der Waals surface area contributed by atoms with Crippen molar-refractivity contribution >= 4 is 38.3 Å². The number of nitrogen functional groups attached to an aromatic ring is 1. The van der Waals surface area contributed by atoms with Gasteiger partial charge >= 0.3 is 0 Å². The number of hydrogen-bond acceptors (Lipinski definition) is 4. The monoisotopic (exact) mass is 217 g/mol. The molecule has 3 nitrogen and oxygen atoms in total. The lowest BCUT2D eigenvalue weighted by atomic mass is 10.3. The molecule has 6 heteroatoms. The molecule has 13 heavy (non-hydrogen) atoms. The van der Waals surface area contributed by atoms with E-state index in [-0.39, 0.29) is 5.82 Å². The summed E-state index contributed by atoms with van der Waals surface area (Å²) >= 11 is 6.94. The summed E-state index contributed by atoms with van der Waals surface area (Å²) < 4.78 is 13.6. The van der Waals surface area contributed by atoms with Crippen molar-refractivity contribution in [1.29, 1.82) is 0 Å². The van der Waals surface area contributed by atoms with E-state index in [0.29, 0.717) is 20.4 Å². The van der Waals surface area contributed by atoms with E-state index in [1.807, 2.05) is 0 Å². The number of halogens is 2. The van der Waals surface area contributed by atoms with Crippen LogP contribution in [-0.2, 0) is 0 Å². The van der Waals surface area contributed by atoms with Crippen molar-refractivity contribution in [3.05, 3.63) is 23.0 Å². The summed E-state index contributed by atoms with van der Waals surface area (Å²) in [5.74, 6) is 4.81. The Bertz CT molecular complexity index is 417. The van der Waals surface area contributed by atoms with Gasteiger partial charge in [0, 0.05) is 0 Å². The highest BCUT2D eigenvalue weighted by Gasteiger charge is 2.10. The number of nitrogens with two attached hydrogens (primary N) is 1. The van der Waals surface area contributed by atoms with Crippen molar-refractivity contribution in [3.8, 4) is 0 Å². The van der Waals surface area contributed by atoms with Crippen LogP contribution < -0.4 is 11.3 Å². The zero-order valence-corrected chi connectivity index (χ0v) is 7.92. The lowest BCUT2D eigenvalue weighted by Crippen LogP contribution is -2.05. The number of hydrazine groups is 1. The largest absolute Gasteiger partial charge is 0.300 e. The minimum Gasteiger partial charge on any atom is -0.300 e. The van der Waals surface area contributed by atoms with Crippen LogP contribution in [0.15, 0.2) is 12.1 Å². The smallest absolute Gasteiger partial charge is 0.198 e. The molecule has 68 valence electrons. The van der Waals surface area contributed by atoms with Crippen molar-refractivity contribution in [3.63, 3.8) is 0 Å². The first-order valence-electron chi connectivity index (χ1n) is 3.43. The lowest BCUT2D eigenvalue weighted by Gasteiger charge is -1.91. The summed E-state index contributed by atoms with van der Waals surface area (Å²) in [6.45, 7) is 0. The quantitative estimate of drug-likeness (QED) is 0.570. The van der Waals surface area contributed by atoms with E-state index >= 15 is 0 Å². The van der Waals surface area contributed by atoms with Crippen LogP contribution in [0, 0.1) is 5.82 Å². The zero-order chi connectivity index (χ0) is 9.42. The average molecular weight is 218 g/mol. The Balaban J connectivity index is 2.80. The van der Waals surface area contributed by atoms with E-state index in [1.165, 1.54) is 12.1 Å². The first kappa shape index (κ1) is 8.68. The summed E-state index contributed by atoms with van der Waals surface area (Å²) in [5, 5.41) is 0.871. The highest BCUT2D eigenvalue weighted by atomic mass is 35.5. The molecule has 2 aromatic rings. The van der Waals surface area contributed by atoms with Crippen LogP contribution in [0.5, 0.6) is 0 Å². The molecular formula is C7H5ClFN3S. The minimum absolute atomic E-state index is 0.335. The van der Waals surface area contributed by atoms with Crippen molar-refractivity contribution < 1.29 is 4.39 Å². The fourth-order valence-electron chi connectivity index (χ4n) is 1.01. The number of fused-ring (bicyclic) bond motifs is 1. The molecule has 0 saturated carbocycles. The van der Waals surface area contributed by atoms with Gasteiger partial charge in [-0.05, 0) is 12.1 Å². The summed E-state index contributed by atoms with van der Waals surface area (Å²) in [7, 11) is 0. The lowest BCUT2D eigenvalue weighted by molar-refractivity contribution is 0.641. The molecule has 0 fully saturated rings. The van der Waals surface area contributed by atoms with Gasteiger partial charge in [0.05, 0.1) is 9.72 Å². The SMILES string of the molecule is NNc1nc2c(Cl)ccc(F)c2s1. The Hall–Kier alpha value is -0.910. The first-order chi connectivity index (χ1) is 6.22. The maximum atomic E-state index is 13.2. The molecule has 0 bridgehead atoms. The van der Waals surface area contributed by atoms with Crippen molar-refractivity contribution in [2.75, 3.05) is 5.43 Å². The number of nitrogens with one attached hydrogen (secondary N) is 1. The van der Waals surface area contributed by atoms with Crippen LogP contribution >= 0.6 is 22.9 Å². The number of rotatable bonds is 1. The van der Waals surface area contributed by atoms with Gasteiger partial charge in [-0.3, -0.25) is 5.43 Å². The molecule has 0 amide bonds. The van der Waals surface area contributed by atoms with Gasteiger partial charge in [0.25, 0.3) is 0 Å². The second-order valence-electron chi connectivity index (χ2n) is 2.37. The third-order valence-corrected chi connectivity index (χ3v) is 2.87. The highest BCUT2D eigenvalue weighted by molar-refractivity contribution is 7.22. The van der Waals surface area contributed by atoms with Gasteiger partial charge in [-0.15, -0.1) is 0 Å². The summed E-state index contributed by atoms with van der Waals surface area (Å²) in [6, 6.07) is 2.78. The number of anilines is 1. The molecule has 0 radical (unpaired) electrons. The average Bonchev–Trinajstić information content (AvgIpc) is 2.56. The van der Waals surface area contributed by atoms with E-state index in [4.69, 9.17) is 17.4 Å². The third-order valence-electron chi connectivity index (χ3n) is 1.57. The molecule has 2 rings (SSSR count). The number of thiazole rings is 1. The molecule has 0 unspecified atom stereocenters. The molecule has 0 saturated heterocycles. The Morgan fingerprint density at radius 3 is 2.92 bits per heavy atom. The third kappa shape index (κ3) is 1.35. The molecule has 3 N–H and O–H groups in total. The maximum Gasteiger partial charge on any atom is 0.198 e. The van der Waals surface area contributed by atoms with Crippen molar-refractivity contribution in [1.82, 2.24) is 4.98 Å². The van der Waals surface area contributed by atoms with Crippen LogP contribution in [-0.4, -0.2) is 4.98 Å². The van der Waals surface area contributed by atoms with Gasteiger partial charge in [0.15, 0.2) is 5.13 Å². The fraction of sp³-hybridized carbons (Fsp3) is 0. The van der Waals surface area contributed by atoms with Gasteiger partial charge in [0.2, 0.25) is 0 Å². The Morgan fingerprint density at radius 1 is 1.54 bits per heavy atom. The molecule has 1 aromatic heterocycles. The second kappa shape index (κ2) is 3.10. The Kier molecular flexibility index (Phi) is 2.07. The predicted octanol–water partition coefficient (Wildman–Crippen LogP) is 2.37. The van der Waals surface area contributed by atoms with Gasteiger partial charge < -0.3 is 0 Å². The number of hydrogen-bond donors (Lipinski definition) is 2. The van der Waals surface area contributed by atoms with Gasteiger partial charge in [-0.2, -0.15) is 0 Å². The summed E-state index contributed by atoms with van der Waals surface area (Å²) in [6.07, 6.45) is 0. The normalized spacial score (nSPS) is 10.7. The van der Waals surface area contributed by atoms with Crippen LogP contribution in [0.25, 0.3) is 10.2 Å². The van der Waals surface area contributed by atoms with Crippen LogP contribution in [0.2, 0.25) is 5.02 Å². The summed E-state index contributed by atoms with van der Waals surface area (Å²) in [5.41, 5.74) is 2.80. The van der Waals surface area contributed by atoms with Gasteiger partial charge in [-0.1, -0.05) is 22.9 Å². The summed E-state index contributed by atoms with van der Waals surface area (Å²) in [4.78, 5) is 4.00. The molecule has 0 atom stereocenters. The first-order valence-corrected chi connectivity index (χ1v) is 4.63. The van der Waals surface area contributed by atoms with E-state index in [9.17, 15) is 4.39 Å². The standard InChI is InChI=1S/C7H5ClFN3S/c8-3-1-2-4(9)6-5(3)11-7(12-10)13-6/h1-2H,10H2,(H,11,12). The number of nitrogens with zero attached hydrogens (tertiary/aromatic N) is 1. The van der Waals surface area contributed by atoms with Crippen molar-refractivity contribution in [2.45, 2.75) is 0 Å². The molecule has 0 aliphatic heterocycles. The molecule has 0 aliphatic rings. The molecule has 0 aliphatic carbocycles. The molecule has 1 heterocycles. The minimum atomic E-state index is -0.335. The number of benzene rings is 1.